The van der Waals surface area contributed by atoms with Gasteiger partial charge in [-0.1, -0.05) is 36.4 Å². The van der Waals surface area contributed by atoms with Gasteiger partial charge in [-0.25, -0.2) is 0 Å². The number of rotatable bonds is 7. The molecular formula is C20H28N4O. The Morgan fingerprint density at radius 1 is 1.00 bits per heavy atom. The second-order valence-corrected chi connectivity index (χ2v) is 6.14. The van der Waals surface area contributed by atoms with Gasteiger partial charge in [-0.2, -0.15) is 0 Å². The van der Waals surface area contributed by atoms with E-state index in [2.05, 4.69) is 65.0 Å². The van der Waals surface area contributed by atoms with Crippen LogP contribution in [-0.4, -0.2) is 39.1 Å². The summed E-state index contributed by atoms with van der Waals surface area (Å²) < 4.78 is 5.26. The van der Waals surface area contributed by atoms with Crippen molar-refractivity contribution in [1.82, 2.24) is 15.5 Å². The summed E-state index contributed by atoms with van der Waals surface area (Å²) >= 11 is 0. The molecule has 0 saturated carbocycles. The van der Waals surface area contributed by atoms with Crippen molar-refractivity contribution in [1.29, 1.82) is 0 Å². The highest BCUT2D eigenvalue weighted by molar-refractivity contribution is 5.79. The summed E-state index contributed by atoms with van der Waals surface area (Å²) in [5, 5.41) is 6.73. The third-order valence-electron chi connectivity index (χ3n) is 3.87. The van der Waals surface area contributed by atoms with Crippen LogP contribution in [0.5, 0.6) is 5.75 Å². The van der Waals surface area contributed by atoms with Crippen LogP contribution in [-0.2, 0) is 19.6 Å². The molecule has 2 aromatic carbocycles. The third kappa shape index (κ3) is 6.12. The number of hydrogen-bond acceptors (Lipinski definition) is 3. The zero-order valence-corrected chi connectivity index (χ0v) is 15.5. The number of benzene rings is 2. The number of hydrogen-bond donors (Lipinski definition) is 2. The van der Waals surface area contributed by atoms with Gasteiger partial charge >= 0.3 is 0 Å². The van der Waals surface area contributed by atoms with E-state index < -0.39 is 0 Å². The fourth-order valence-electron chi connectivity index (χ4n) is 2.59. The van der Waals surface area contributed by atoms with Crippen molar-refractivity contribution in [3.8, 4) is 5.75 Å². The molecule has 0 aromatic heterocycles. The van der Waals surface area contributed by atoms with Crippen molar-refractivity contribution >= 4 is 5.96 Å². The Kier molecular flexibility index (Phi) is 7.29. The maximum Gasteiger partial charge on any atom is 0.191 e. The minimum Gasteiger partial charge on any atom is -0.497 e. The number of aliphatic imine (C=N–C) groups is 1. The Morgan fingerprint density at radius 2 is 1.72 bits per heavy atom. The van der Waals surface area contributed by atoms with Crippen LogP contribution in [0.4, 0.5) is 0 Å². The van der Waals surface area contributed by atoms with E-state index >= 15 is 0 Å². The summed E-state index contributed by atoms with van der Waals surface area (Å²) in [6.45, 7) is 2.35. The lowest BCUT2D eigenvalue weighted by molar-refractivity contribution is 0.400. The minimum atomic E-state index is 0.691. The summed E-state index contributed by atoms with van der Waals surface area (Å²) in [7, 11) is 7.63. The summed E-state index contributed by atoms with van der Waals surface area (Å²) in [4.78, 5) is 6.48. The molecule has 2 N–H and O–H groups in total. The maximum atomic E-state index is 5.26. The molecule has 0 bridgehead atoms. The van der Waals surface area contributed by atoms with Crippen molar-refractivity contribution < 1.29 is 4.74 Å². The van der Waals surface area contributed by atoms with Crippen LogP contribution in [0.1, 0.15) is 16.7 Å². The third-order valence-corrected chi connectivity index (χ3v) is 3.87. The Hall–Kier alpha value is -2.53. The van der Waals surface area contributed by atoms with Gasteiger partial charge in [0.25, 0.3) is 0 Å². The largest absolute Gasteiger partial charge is 0.497 e. The Morgan fingerprint density at radius 3 is 2.40 bits per heavy atom. The van der Waals surface area contributed by atoms with Gasteiger partial charge in [-0.05, 0) is 42.9 Å². The topological polar surface area (TPSA) is 48.9 Å². The van der Waals surface area contributed by atoms with Crippen LogP contribution in [0, 0.1) is 0 Å². The second-order valence-electron chi connectivity index (χ2n) is 6.14. The van der Waals surface area contributed by atoms with Crippen LogP contribution in [0.3, 0.4) is 0 Å². The highest BCUT2D eigenvalue weighted by atomic mass is 16.5. The number of nitrogens with one attached hydrogen (secondary N) is 2. The van der Waals surface area contributed by atoms with E-state index in [-0.39, 0.29) is 0 Å². The van der Waals surface area contributed by atoms with Gasteiger partial charge in [0.05, 0.1) is 7.11 Å². The Bertz CT molecular complexity index is 698. The smallest absolute Gasteiger partial charge is 0.191 e. The van der Waals surface area contributed by atoms with Gasteiger partial charge in [0.15, 0.2) is 5.96 Å². The van der Waals surface area contributed by atoms with Crippen molar-refractivity contribution in [3.05, 3.63) is 65.2 Å². The molecule has 0 aliphatic rings. The molecular weight excluding hydrogens is 312 g/mol. The fraction of sp³-hybridized carbons (Fsp3) is 0.350. The first-order valence-electron chi connectivity index (χ1n) is 8.41. The number of ether oxygens (including phenoxy) is 1. The molecule has 0 fully saturated rings. The fourth-order valence-corrected chi connectivity index (χ4v) is 2.59. The van der Waals surface area contributed by atoms with E-state index in [1.807, 2.05) is 18.2 Å². The molecule has 5 heteroatoms. The highest BCUT2D eigenvalue weighted by Crippen LogP contribution is 2.12. The summed E-state index contributed by atoms with van der Waals surface area (Å²) in [6.07, 6.45) is 0. The number of guanidine groups is 1. The molecule has 2 aromatic rings. The molecule has 134 valence electrons. The first-order chi connectivity index (χ1) is 12.1. The standard InChI is InChI=1S/C20H28N4O/c1-21-20(22-13-16-8-7-11-19(12-16)25-4)23-14-17-9-5-6-10-18(17)15-24(2)3/h5-12H,13-15H2,1-4H3,(H2,21,22,23). The molecule has 0 saturated heterocycles. The first-order valence-corrected chi connectivity index (χ1v) is 8.41. The SMILES string of the molecule is CN=C(NCc1cccc(OC)c1)NCc1ccccc1CN(C)C. The molecule has 0 aliphatic carbocycles. The molecule has 25 heavy (non-hydrogen) atoms. The lowest BCUT2D eigenvalue weighted by atomic mass is 10.1. The van der Waals surface area contributed by atoms with Crippen LogP contribution in [0.15, 0.2) is 53.5 Å². The number of nitrogens with zero attached hydrogens (tertiary/aromatic N) is 2. The van der Waals surface area contributed by atoms with E-state index in [9.17, 15) is 0 Å². The van der Waals surface area contributed by atoms with E-state index in [0.29, 0.717) is 6.54 Å². The molecule has 0 radical (unpaired) electrons. The normalized spacial score (nSPS) is 11.5. The summed E-state index contributed by atoms with van der Waals surface area (Å²) in [5.74, 6) is 1.64. The summed E-state index contributed by atoms with van der Waals surface area (Å²) in [5.41, 5.74) is 3.75. The second kappa shape index (κ2) is 9.69. The van der Waals surface area contributed by atoms with Gasteiger partial charge in [0.1, 0.15) is 5.75 Å². The Balaban J connectivity index is 1.92. The zero-order valence-electron chi connectivity index (χ0n) is 15.5. The molecule has 0 amide bonds. The van der Waals surface area contributed by atoms with Crippen LogP contribution in [0.25, 0.3) is 0 Å². The first kappa shape index (κ1) is 18.8. The molecule has 2 rings (SSSR count). The van der Waals surface area contributed by atoms with Crippen molar-refractivity contribution in [2.24, 2.45) is 4.99 Å². The molecule has 0 unspecified atom stereocenters. The van der Waals surface area contributed by atoms with E-state index in [1.165, 1.54) is 11.1 Å². The molecule has 0 atom stereocenters. The van der Waals surface area contributed by atoms with Gasteiger partial charge in [0.2, 0.25) is 0 Å². The quantitative estimate of drug-likeness (QED) is 0.601. The monoisotopic (exact) mass is 340 g/mol. The lowest BCUT2D eigenvalue weighted by Gasteiger charge is -2.16. The molecule has 5 nitrogen and oxygen atoms in total. The minimum absolute atomic E-state index is 0.691. The van der Waals surface area contributed by atoms with Crippen molar-refractivity contribution in [3.63, 3.8) is 0 Å². The van der Waals surface area contributed by atoms with Gasteiger partial charge in [-0.3, -0.25) is 4.99 Å². The van der Waals surface area contributed by atoms with Gasteiger partial charge in [-0.15, -0.1) is 0 Å². The van der Waals surface area contributed by atoms with Crippen molar-refractivity contribution in [2.75, 3.05) is 28.3 Å². The van der Waals surface area contributed by atoms with Gasteiger partial charge < -0.3 is 20.3 Å². The number of methoxy groups -OCH3 is 1. The average Bonchev–Trinajstić information content (AvgIpc) is 2.62. The zero-order chi connectivity index (χ0) is 18.1. The highest BCUT2D eigenvalue weighted by Gasteiger charge is 2.05. The molecule has 0 heterocycles. The van der Waals surface area contributed by atoms with Crippen LogP contribution in [0.2, 0.25) is 0 Å². The van der Waals surface area contributed by atoms with Gasteiger partial charge in [0, 0.05) is 26.7 Å². The van der Waals surface area contributed by atoms with E-state index in [4.69, 9.17) is 4.74 Å². The average molecular weight is 340 g/mol. The van der Waals surface area contributed by atoms with Crippen LogP contribution >= 0.6 is 0 Å². The van der Waals surface area contributed by atoms with Crippen LogP contribution < -0.4 is 15.4 Å². The summed E-state index contributed by atoms with van der Waals surface area (Å²) in [6, 6.07) is 16.5. The Labute approximate surface area is 150 Å². The lowest BCUT2D eigenvalue weighted by Crippen LogP contribution is -2.36. The van der Waals surface area contributed by atoms with E-state index in [1.54, 1.807) is 14.2 Å². The molecule has 0 spiro atoms. The predicted octanol–water partition coefficient (Wildman–Crippen LogP) is 2.62. The van der Waals surface area contributed by atoms with Crippen molar-refractivity contribution in [2.45, 2.75) is 19.6 Å². The maximum absolute atomic E-state index is 5.26. The molecule has 0 aliphatic heterocycles. The predicted molar refractivity (Wildman–Crippen MR) is 104 cm³/mol. The van der Waals surface area contributed by atoms with E-state index in [0.717, 1.165) is 30.4 Å².